The van der Waals surface area contributed by atoms with Crippen molar-refractivity contribution < 1.29 is 4.52 Å². The molecule has 3 heteroatoms. The fourth-order valence-corrected chi connectivity index (χ4v) is 2.72. The predicted octanol–water partition coefficient (Wildman–Crippen LogP) is 4.50. The summed E-state index contributed by atoms with van der Waals surface area (Å²) in [6.07, 6.45) is 6.33. The Morgan fingerprint density at radius 3 is 2.47 bits per heavy atom. The summed E-state index contributed by atoms with van der Waals surface area (Å²) < 4.78 is 5.41. The number of rotatable bonds is 2. The van der Waals surface area contributed by atoms with E-state index in [2.05, 4.69) is 19.0 Å². The fraction of sp³-hybridized carbons (Fsp3) is 0.750. The Kier molecular flexibility index (Phi) is 3.35. The summed E-state index contributed by atoms with van der Waals surface area (Å²) in [5.74, 6) is 1.78. The van der Waals surface area contributed by atoms with Crippen LogP contribution in [-0.2, 0) is 0 Å². The summed E-state index contributed by atoms with van der Waals surface area (Å²) in [7, 11) is 0. The zero-order valence-corrected chi connectivity index (χ0v) is 10.2. The van der Waals surface area contributed by atoms with E-state index in [1.807, 2.05) is 0 Å². The van der Waals surface area contributed by atoms with Crippen molar-refractivity contribution in [2.45, 2.75) is 57.8 Å². The molecule has 2 rings (SSSR count). The van der Waals surface area contributed by atoms with Gasteiger partial charge in [0.25, 0.3) is 0 Å². The van der Waals surface area contributed by atoms with Gasteiger partial charge in [-0.1, -0.05) is 49.9 Å². The van der Waals surface area contributed by atoms with E-state index in [9.17, 15) is 0 Å². The number of halogens is 1. The normalized spacial score (nSPS) is 18.7. The van der Waals surface area contributed by atoms with E-state index in [0.717, 1.165) is 16.5 Å². The first-order valence-corrected chi connectivity index (χ1v) is 6.23. The summed E-state index contributed by atoms with van der Waals surface area (Å²) in [5.41, 5.74) is 0.914. The lowest BCUT2D eigenvalue weighted by Gasteiger charge is -2.18. The average Bonchev–Trinajstić information content (AvgIpc) is 2.61. The molecule has 0 aromatic carbocycles. The maximum absolute atomic E-state index is 6.30. The van der Waals surface area contributed by atoms with Gasteiger partial charge in [0.1, 0.15) is 10.7 Å². The highest BCUT2D eigenvalue weighted by molar-refractivity contribution is 6.31. The molecule has 0 saturated heterocycles. The Bertz CT molecular complexity index is 326. The smallest absolute Gasteiger partial charge is 0.158 e. The highest BCUT2D eigenvalue weighted by atomic mass is 35.5. The van der Waals surface area contributed by atoms with Crippen LogP contribution in [0.15, 0.2) is 4.52 Å². The zero-order chi connectivity index (χ0) is 10.8. The summed E-state index contributed by atoms with van der Waals surface area (Å²) in [6.45, 7) is 4.18. The van der Waals surface area contributed by atoms with Crippen LogP contribution < -0.4 is 0 Å². The zero-order valence-electron chi connectivity index (χ0n) is 9.42. The average molecular weight is 228 g/mol. The van der Waals surface area contributed by atoms with E-state index >= 15 is 0 Å². The van der Waals surface area contributed by atoms with Crippen LogP contribution in [0.3, 0.4) is 0 Å². The summed E-state index contributed by atoms with van der Waals surface area (Å²) in [6, 6.07) is 0. The van der Waals surface area contributed by atoms with Gasteiger partial charge in [-0.3, -0.25) is 0 Å². The van der Waals surface area contributed by atoms with Crippen molar-refractivity contribution in [3.05, 3.63) is 16.5 Å². The lowest BCUT2D eigenvalue weighted by atomic mass is 9.87. The van der Waals surface area contributed by atoms with Crippen LogP contribution in [-0.4, -0.2) is 5.16 Å². The largest absolute Gasteiger partial charge is 0.359 e. The van der Waals surface area contributed by atoms with Crippen LogP contribution >= 0.6 is 11.6 Å². The summed E-state index contributed by atoms with van der Waals surface area (Å²) in [4.78, 5) is 0. The van der Waals surface area contributed by atoms with Crippen molar-refractivity contribution in [2.24, 2.45) is 0 Å². The predicted molar refractivity (Wildman–Crippen MR) is 61.4 cm³/mol. The van der Waals surface area contributed by atoms with Crippen molar-refractivity contribution in [1.29, 1.82) is 0 Å². The van der Waals surface area contributed by atoms with Crippen molar-refractivity contribution in [1.82, 2.24) is 5.16 Å². The molecule has 0 bridgehead atoms. The third-order valence-electron chi connectivity index (χ3n) is 3.21. The van der Waals surface area contributed by atoms with Crippen LogP contribution in [0, 0.1) is 0 Å². The number of hydrogen-bond acceptors (Lipinski definition) is 2. The standard InChI is InChI=1S/C12H18ClNO/c1-8(2)11-10(13)12(15-14-11)9-6-4-3-5-7-9/h8-9H,3-7H2,1-2H3. The summed E-state index contributed by atoms with van der Waals surface area (Å²) in [5, 5.41) is 4.86. The van der Waals surface area contributed by atoms with Crippen LogP contribution in [0.25, 0.3) is 0 Å². The van der Waals surface area contributed by atoms with E-state index in [1.54, 1.807) is 0 Å². The molecular formula is C12H18ClNO. The van der Waals surface area contributed by atoms with Gasteiger partial charge in [-0.05, 0) is 12.8 Å². The highest BCUT2D eigenvalue weighted by Crippen LogP contribution is 2.38. The molecule has 1 aromatic heterocycles. The monoisotopic (exact) mass is 227 g/mol. The topological polar surface area (TPSA) is 26.0 Å². The third kappa shape index (κ3) is 2.20. The molecule has 0 atom stereocenters. The molecule has 1 aromatic rings. The second kappa shape index (κ2) is 4.56. The Morgan fingerprint density at radius 1 is 1.27 bits per heavy atom. The van der Waals surface area contributed by atoms with Gasteiger partial charge in [0, 0.05) is 11.8 Å². The van der Waals surface area contributed by atoms with Crippen LogP contribution in [0.1, 0.15) is 69.2 Å². The molecule has 1 aliphatic rings. The molecule has 2 nitrogen and oxygen atoms in total. The first kappa shape index (κ1) is 11.0. The van der Waals surface area contributed by atoms with Crippen LogP contribution in [0.4, 0.5) is 0 Å². The van der Waals surface area contributed by atoms with Crippen LogP contribution in [0.2, 0.25) is 5.02 Å². The molecule has 0 aliphatic heterocycles. The lowest BCUT2D eigenvalue weighted by molar-refractivity contribution is 0.318. The fourth-order valence-electron chi connectivity index (χ4n) is 2.28. The van der Waals surface area contributed by atoms with Gasteiger partial charge in [0.2, 0.25) is 0 Å². The number of nitrogens with zero attached hydrogens (tertiary/aromatic N) is 1. The lowest BCUT2D eigenvalue weighted by Crippen LogP contribution is -2.03. The third-order valence-corrected chi connectivity index (χ3v) is 3.59. The van der Waals surface area contributed by atoms with Gasteiger partial charge in [-0.15, -0.1) is 0 Å². The van der Waals surface area contributed by atoms with Crippen molar-refractivity contribution in [3.8, 4) is 0 Å². The van der Waals surface area contributed by atoms with Crippen LogP contribution in [0.5, 0.6) is 0 Å². The minimum atomic E-state index is 0.346. The second-order valence-electron chi connectivity index (χ2n) is 4.74. The molecule has 1 fully saturated rings. The molecular weight excluding hydrogens is 210 g/mol. The molecule has 84 valence electrons. The van der Waals surface area contributed by atoms with Crippen molar-refractivity contribution >= 4 is 11.6 Å². The first-order chi connectivity index (χ1) is 7.20. The van der Waals surface area contributed by atoms with Gasteiger partial charge >= 0.3 is 0 Å². The quantitative estimate of drug-likeness (QED) is 0.744. The van der Waals surface area contributed by atoms with E-state index in [4.69, 9.17) is 16.1 Å². The summed E-state index contributed by atoms with van der Waals surface area (Å²) >= 11 is 6.30. The molecule has 1 aliphatic carbocycles. The maximum Gasteiger partial charge on any atom is 0.158 e. The molecule has 0 spiro atoms. The Morgan fingerprint density at radius 2 is 1.93 bits per heavy atom. The van der Waals surface area contributed by atoms with Gasteiger partial charge < -0.3 is 4.52 Å². The van der Waals surface area contributed by atoms with E-state index in [0.29, 0.717) is 11.8 Å². The number of aromatic nitrogens is 1. The Labute approximate surface area is 96.0 Å². The molecule has 1 saturated carbocycles. The molecule has 0 radical (unpaired) electrons. The van der Waals surface area contributed by atoms with Crippen molar-refractivity contribution in [2.75, 3.05) is 0 Å². The Hall–Kier alpha value is -0.500. The Balaban J connectivity index is 2.20. The molecule has 0 N–H and O–H groups in total. The molecule has 0 amide bonds. The maximum atomic E-state index is 6.30. The van der Waals surface area contributed by atoms with E-state index in [-0.39, 0.29) is 0 Å². The minimum absolute atomic E-state index is 0.346. The molecule has 0 unspecified atom stereocenters. The van der Waals surface area contributed by atoms with Gasteiger partial charge in [0.15, 0.2) is 5.76 Å². The van der Waals surface area contributed by atoms with Gasteiger partial charge in [0.05, 0.1) is 0 Å². The first-order valence-electron chi connectivity index (χ1n) is 5.85. The van der Waals surface area contributed by atoms with Gasteiger partial charge in [-0.2, -0.15) is 0 Å². The minimum Gasteiger partial charge on any atom is -0.359 e. The van der Waals surface area contributed by atoms with E-state index < -0.39 is 0 Å². The molecule has 15 heavy (non-hydrogen) atoms. The van der Waals surface area contributed by atoms with Crippen molar-refractivity contribution in [3.63, 3.8) is 0 Å². The highest BCUT2D eigenvalue weighted by Gasteiger charge is 2.25. The molecule has 1 heterocycles. The second-order valence-corrected chi connectivity index (χ2v) is 5.11. The van der Waals surface area contributed by atoms with Gasteiger partial charge in [-0.25, -0.2) is 0 Å². The van der Waals surface area contributed by atoms with E-state index in [1.165, 1.54) is 32.1 Å². The number of hydrogen-bond donors (Lipinski definition) is 0. The SMILES string of the molecule is CC(C)c1noc(C2CCCCC2)c1Cl.